The van der Waals surface area contributed by atoms with Crippen LogP contribution < -0.4 is 15.0 Å². The Kier molecular flexibility index (Phi) is 14.7. The number of carbonyl (C=O) groups excluding carboxylic acids is 1. The molecular formula is C34H55FN8O5. The summed E-state index contributed by atoms with van der Waals surface area (Å²) < 4.78 is 25.8. The van der Waals surface area contributed by atoms with Crippen LogP contribution >= 0.6 is 0 Å². The highest BCUT2D eigenvalue weighted by molar-refractivity contribution is 5.97. The van der Waals surface area contributed by atoms with Crippen LogP contribution in [0.5, 0.6) is 11.6 Å². The fourth-order valence-electron chi connectivity index (χ4n) is 6.74. The Morgan fingerprint density at radius 3 is 2.50 bits per heavy atom. The molecule has 2 fully saturated rings. The minimum atomic E-state index is -0.505. The summed E-state index contributed by atoms with van der Waals surface area (Å²) in [5.41, 5.74) is 0.327. The van der Waals surface area contributed by atoms with Gasteiger partial charge in [-0.05, 0) is 77.7 Å². The Balaban J connectivity index is 0.00000201. The molecule has 0 aliphatic carbocycles. The molecule has 1 aromatic heterocycles. The molecule has 2 aliphatic heterocycles. The quantitative estimate of drug-likeness (QED) is 0.246. The zero-order valence-corrected chi connectivity index (χ0v) is 29.9. The number of rotatable bonds is 16. The average molecular weight is 675 g/mol. The fourth-order valence-corrected chi connectivity index (χ4v) is 6.74. The van der Waals surface area contributed by atoms with Crippen molar-refractivity contribution in [1.29, 1.82) is 0 Å². The van der Waals surface area contributed by atoms with Gasteiger partial charge in [0.2, 0.25) is 5.95 Å². The Bertz CT molecular complexity index is 1330. The molecule has 1 spiro atoms. The molecule has 2 N–H and O–H groups in total. The van der Waals surface area contributed by atoms with Gasteiger partial charge in [-0.2, -0.15) is 4.98 Å². The number of aromatic nitrogens is 3. The first-order valence-corrected chi connectivity index (χ1v) is 16.9. The van der Waals surface area contributed by atoms with Crippen LogP contribution in [0.15, 0.2) is 18.2 Å². The number of carboxylic acid groups (broad SMARTS) is 1. The normalized spacial score (nSPS) is 16.1. The molecule has 0 radical (unpaired) electrons. The number of nitrogens with zero attached hydrogens (tertiary/aromatic N) is 7. The maximum atomic E-state index is 14.4. The van der Waals surface area contributed by atoms with Gasteiger partial charge in [0.25, 0.3) is 18.3 Å². The second-order valence-corrected chi connectivity index (χ2v) is 13.4. The summed E-state index contributed by atoms with van der Waals surface area (Å²) in [4.78, 5) is 35.4. The van der Waals surface area contributed by atoms with E-state index in [1.807, 2.05) is 20.8 Å². The lowest BCUT2D eigenvalue weighted by molar-refractivity contribution is -0.122. The van der Waals surface area contributed by atoms with Gasteiger partial charge in [-0.25, -0.2) is 4.39 Å². The van der Waals surface area contributed by atoms with E-state index in [1.54, 1.807) is 19.1 Å². The maximum absolute atomic E-state index is 14.4. The first-order chi connectivity index (χ1) is 22.9. The summed E-state index contributed by atoms with van der Waals surface area (Å²) in [6.45, 7) is 17.2. The third kappa shape index (κ3) is 9.95. The average Bonchev–Trinajstić information content (AvgIpc) is 3.48. The Morgan fingerprint density at radius 2 is 1.90 bits per heavy atom. The molecule has 1 aromatic carbocycles. The van der Waals surface area contributed by atoms with Crippen molar-refractivity contribution >= 4 is 24.1 Å². The molecular weight excluding hydrogens is 619 g/mol. The van der Waals surface area contributed by atoms with Crippen LogP contribution in [0.25, 0.3) is 0 Å². The van der Waals surface area contributed by atoms with Crippen molar-refractivity contribution in [2.45, 2.75) is 66.0 Å². The van der Waals surface area contributed by atoms with Crippen LogP contribution in [0.2, 0.25) is 0 Å². The smallest absolute Gasteiger partial charge is 0.290 e. The zero-order chi connectivity index (χ0) is 35.4. The predicted molar refractivity (Wildman–Crippen MR) is 184 cm³/mol. The van der Waals surface area contributed by atoms with Gasteiger partial charge in [0, 0.05) is 70.9 Å². The standard InChI is InChI=1S/C33H53FN8O3.CH2O2/c1-9-42(24(4)5)31(43)26-19-25(34)12-13-28(26)45-30-29(36-32(35-6)38-37-30)40-16-14-33(20-40)21-41(22-33)27(23(2)3)11-10-15-39(7)17-18-44-8;2-1-3/h12-13,19,23-24,27H,9-11,14-18,20-22H2,1-8H3,(H,35,36,38);1H,(H,2,3)/t27-;/m1./s1. The van der Waals surface area contributed by atoms with E-state index in [-0.39, 0.29) is 41.0 Å². The number of hydrogen-bond donors (Lipinski definition) is 2. The molecule has 0 unspecified atom stereocenters. The van der Waals surface area contributed by atoms with Gasteiger partial charge in [0.1, 0.15) is 11.6 Å². The van der Waals surface area contributed by atoms with Crippen LogP contribution in [-0.4, -0.2) is 133 Å². The van der Waals surface area contributed by atoms with Gasteiger partial charge in [0.15, 0.2) is 5.82 Å². The van der Waals surface area contributed by atoms with E-state index in [0.29, 0.717) is 30.3 Å². The summed E-state index contributed by atoms with van der Waals surface area (Å²) in [5.74, 6) is 1.17. The summed E-state index contributed by atoms with van der Waals surface area (Å²) in [6.07, 6.45) is 3.39. The van der Waals surface area contributed by atoms with Crippen LogP contribution in [0.1, 0.15) is 64.2 Å². The van der Waals surface area contributed by atoms with Gasteiger partial charge in [0.05, 0.1) is 12.2 Å². The lowest BCUT2D eigenvalue weighted by Gasteiger charge is -2.53. The molecule has 14 heteroatoms. The third-order valence-electron chi connectivity index (χ3n) is 9.24. The molecule has 13 nitrogen and oxygen atoms in total. The Hall–Kier alpha value is -3.62. The molecule has 4 rings (SSSR count). The second kappa shape index (κ2) is 18.2. The number of methoxy groups -OCH3 is 1. The van der Waals surface area contributed by atoms with Crippen LogP contribution in [0, 0.1) is 17.2 Å². The zero-order valence-electron chi connectivity index (χ0n) is 29.9. The van der Waals surface area contributed by atoms with E-state index in [2.05, 4.69) is 51.1 Å². The van der Waals surface area contributed by atoms with Crippen molar-refractivity contribution < 1.29 is 28.6 Å². The molecule has 2 aromatic rings. The number of anilines is 2. The number of likely N-dealkylation sites (N-methyl/N-ethyl adjacent to an activating group) is 1. The SMILES string of the molecule is CCN(C(=O)c1cc(F)ccc1Oc1nnc(NC)nc1N1CCC2(C1)CN([C@H](CCCN(C)CCOC)C(C)C)C2)C(C)C.O=CO. The van der Waals surface area contributed by atoms with Crippen molar-refractivity contribution in [2.24, 2.45) is 11.3 Å². The van der Waals surface area contributed by atoms with E-state index in [0.717, 1.165) is 52.3 Å². The molecule has 2 saturated heterocycles. The molecule has 268 valence electrons. The Morgan fingerprint density at radius 1 is 1.19 bits per heavy atom. The van der Waals surface area contributed by atoms with E-state index in [1.165, 1.54) is 31.0 Å². The predicted octanol–water partition coefficient (Wildman–Crippen LogP) is 4.31. The van der Waals surface area contributed by atoms with E-state index in [9.17, 15) is 9.18 Å². The number of halogens is 1. The molecule has 1 atom stereocenters. The number of ether oxygens (including phenoxy) is 2. The van der Waals surface area contributed by atoms with Crippen molar-refractivity contribution in [2.75, 3.05) is 83.8 Å². The molecule has 0 saturated carbocycles. The van der Waals surface area contributed by atoms with Gasteiger partial charge in [-0.1, -0.05) is 13.8 Å². The van der Waals surface area contributed by atoms with Crippen LogP contribution in [0.3, 0.4) is 0 Å². The molecule has 3 heterocycles. The van der Waals surface area contributed by atoms with E-state index in [4.69, 9.17) is 24.4 Å². The van der Waals surface area contributed by atoms with E-state index >= 15 is 0 Å². The van der Waals surface area contributed by atoms with Gasteiger partial charge in [-0.15, -0.1) is 10.2 Å². The largest absolute Gasteiger partial charge is 0.483 e. The van der Waals surface area contributed by atoms with Crippen molar-refractivity contribution in [3.63, 3.8) is 0 Å². The maximum Gasteiger partial charge on any atom is 0.290 e. The van der Waals surface area contributed by atoms with Crippen molar-refractivity contribution in [3.8, 4) is 11.6 Å². The van der Waals surface area contributed by atoms with Gasteiger partial charge < -0.3 is 34.6 Å². The topological polar surface area (TPSA) is 136 Å². The number of carbonyl (C=O) groups is 2. The highest BCUT2D eigenvalue weighted by atomic mass is 19.1. The number of benzene rings is 1. The minimum Gasteiger partial charge on any atom is -0.483 e. The summed E-state index contributed by atoms with van der Waals surface area (Å²) in [6, 6.07) is 4.49. The highest BCUT2D eigenvalue weighted by Gasteiger charge is 2.50. The first-order valence-electron chi connectivity index (χ1n) is 16.9. The number of amides is 1. The molecule has 48 heavy (non-hydrogen) atoms. The lowest BCUT2D eigenvalue weighted by atomic mass is 9.76. The minimum absolute atomic E-state index is 0.0501. The van der Waals surface area contributed by atoms with Gasteiger partial charge >= 0.3 is 0 Å². The van der Waals surface area contributed by atoms with Crippen molar-refractivity contribution in [1.82, 2.24) is 29.9 Å². The summed E-state index contributed by atoms with van der Waals surface area (Å²) >= 11 is 0. The second-order valence-electron chi connectivity index (χ2n) is 13.4. The summed E-state index contributed by atoms with van der Waals surface area (Å²) in [5, 5.41) is 18.4. The Labute approximate surface area is 284 Å². The van der Waals surface area contributed by atoms with Crippen LogP contribution in [-0.2, 0) is 9.53 Å². The number of likely N-dealkylation sites (tertiary alicyclic amines) is 1. The molecule has 1 amide bonds. The van der Waals surface area contributed by atoms with Gasteiger partial charge in [-0.3, -0.25) is 14.5 Å². The van der Waals surface area contributed by atoms with Crippen LogP contribution in [0.4, 0.5) is 16.2 Å². The fraction of sp³-hybridized carbons (Fsp3) is 0.676. The van der Waals surface area contributed by atoms with Crippen molar-refractivity contribution in [3.05, 3.63) is 29.6 Å². The molecule has 2 aliphatic rings. The highest BCUT2D eigenvalue weighted by Crippen LogP contribution is 2.45. The number of hydrogen-bond acceptors (Lipinski definition) is 11. The third-order valence-corrected chi connectivity index (χ3v) is 9.24. The first kappa shape index (κ1) is 38.8. The monoisotopic (exact) mass is 674 g/mol. The summed E-state index contributed by atoms with van der Waals surface area (Å²) in [7, 11) is 5.66. The van der Waals surface area contributed by atoms with E-state index < -0.39 is 5.82 Å². The lowest BCUT2D eigenvalue weighted by Crippen LogP contribution is -2.62. The molecule has 0 bridgehead atoms. The number of nitrogens with one attached hydrogen (secondary N) is 1.